The summed E-state index contributed by atoms with van der Waals surface area (Å²) in [5.41, 5.74) is 0. The molecule has 0 aromatic carbocycles. The standard InChI is InChI=1S/C14H29NO2/c1-4-12-7-8-13(16)11-14(12)15(5-2)9-10-17-6-3/h12-14,16H,4-11H2,1-3H3. The topological polar surface area (TPSA) is 32.7 Å². The van der Waals surface area contributed by atoms with Gasteiger partial charge in [-0.15, -0.1) is 0 Å². The minimum atomic E-state index is -0.0936. The molecule has 1 aliphatic carbocycles. The molecule has 17 heavy (non-hydrogen) atoms. The number of rotatable bonds is 7. The predicted octanol–water partition coefficient (Wildman–Crippen LogP) is 2.28. The summed E-state index contributed by atoms with van der Waals surface area (Å²) in [5.74, 6) is 0.750. The van der Waals surface area contributed by atoms with Gasteiger partial charge in [-0.25, -0.2) is 0 Å². The second-order valence-corrected chi connectivity index (χ2v) is 5.03. The number of aliphatic hydroxyl groups excluding tert-OH is 1. The number of hydrogen-bond acceptors (Lipinski definition) is 3. The first kappa shape index (κ1) is 14.9. The van der Waals surface area contributed by atoms with Crippen molar-refractivity contribution in [3.8, 4) is 0 Å². The molecule has 3 heteroatoms. The molecule has 1 saturated carbocycles. The van der Waals surface area contributed by atoms with Crippen molar-refractivity contribution in [1.29, 1.82) is 0 Å². The van der Waals surface area contributed by atoms with Gasteiger partial charge in [0.1, 0.15) is 0 Å². The summed E-state index contributed by atoms with van der Waals surface area (Å²) in [4.78, 5) is 2.49. The monoisotopic (exact) mass is 243 g/mol. The first-order valence-corrected chi connectivity index (χ1v) is 7.22. The van der Waals surface area contributed by atoms with Crippen LogP contribution in [-0.2, 0) is 4.74 Å². The maximum atomic E-state index is 9.85. The molecule has 0 spiro atoms. The Hall–Kier alpha value is -0.120. The van der Waals surface area contributed by atoms with E-state index in [1.165, 1.54) is 12.8 Å². The summed E-state index contributed by atoms with van der Waals surface area (Å²) in [6.07, 6.45) is 4.23. The largest absolute Gasteiger partial charge is 0.393 e. The highest BCUT2D eigenvalue weighted by atomic mass is 16.5. The van der Waals surface area contributed by atoms with Gasteiger partial charge < -0.3 is 9.84 Å². The van der Waals surface area contributed by atoms with E-state index in [0.29, 0.717) is 6.04 Å². The van der Waals surface area contributed by atoms with Gasteiger partial charge in [-0.1, -0.05) is 20.3 Å². The predicted molar refractivity (Wildman–Crippen MR) is 71.2 cm³/mol. The number of nitrogens with zero attached hydrogens (tertiary/aromatic N) is 1. The third-order valence-corrected chi connectivity index (χ3v) is 4.05. The van der Waals surface area contributed by atoms with Crippen LogP contribution in [0.15, 0.2) is 0 Å². The van der Waals surface area contributed by atoms with Crippen LogP contribution in [0.5, 0.6) is 0 Å². The summed E-state index contributed by atoms with van der Waals surface area (Å²) in [6.45, 7) is 10.2. The molecule has 1 fully saturated rings. The maximum Gasteiger partial charge on any atom is 0.0593 e. The highest BCUT2D eigenvalue weighted by Crippen LogP contribution is 2.30. The van der Waals surface area contributed by atoms with Crippen molar-refractivity contribution in [2.45, 2.75) is 58.6 Å². The molecule has 3 atom stereocenters. The fourth-order valence-electron chi connectivity index (χ4n) is 3.00. The zero-order chi connectivity index (χ0) is 12.7. The molecule has 0 heterocycles. The minimum absolute atomic E-state index is 0.0936. The van der Waals surface area contributed by atoms with Gasteiger partial charge in [0.05, 0.1) is 12.7 Å². The number of ether oxygens (including phenoxy) is 1. The van der Waals surface area contributed by atoms with Gasteiger partial charge in [-0.3, -0.25) is 4.90 Å². The average Bonchev–Trinajstić information content (AvgIpc) is 2.35. The van der Waals surface area contributed by atoms with Crippen LogP contribution in [0.3, 0.4) is 0 Å². The molecule has 102 valence electrons. The second-order valence-electron chi connectivity index (χ2n) is 5.03. The Kier molecular flexibility index (Phi) is 7.09. The van der Waals surface area contributed by atoms with E-state index in [1.54, 1.807) is 0 Å². The molecule has 1 rings (SSSR count). The van der Waals surface area contributed by atoms with Crippen molar-refractivity contribution in [3.05, 3.63) is 0 Å². The maximum absolute atomic E-state index is 9.85. The average molecular weight is 243 g/mol. The highest BCUT2D eigenvalue weighted by molar-refractivity contribution is 4.86. The molecular weight excluding hydrogens is 214 g/mol. The van der Waals surface area contributed by atoms with Gasteiger partial charge in [-0.2, -0.15) is 0 Å². The van der Waals surface area contributed by atoms with Crippen LogP contribution < -0.4 is 0 Å². The minimum Gasteiger partial charge on any atom is -0.393 e. The van der Waals surface area contributed by atoms with E-state index >= 15 is 0 Å². The van der Waals surface area contributed by atoms with Crippen LogP contribution in [0, 0.1) is 5.92 Å². The van der Waals surface area contributed by atoms with Crippen LogP contribution in [0.4, 0.5) is 0 Å². The third kappa shape index (κ3) is 4.57. The van der Waals surface area contributed by atoms with E-state index in [2.05, 4.69) is 18.7 Å². The number of hydrogen-bond donors (Lipinski definition) is 1. The van der Waals surface area contributed by atoms with E-state index in [0.717, 1.165) is 45.1 Å². The Morgan fingerprint density at radius 3 is 2.59 bits per heavy atom. The smallest absolute Gasteiger partial charge is 0.0593 e. The lowest BCUT2D eigenvalue weighted by atomic mass is 9.80. The summed E-state index contributed by atoms with van der Waals surface area (Å²) in [7, 11) is 0. The van der Waals surface area contributed by atoms with Crippen molar-refractivity contribution in [1.82, 2.24) is 4.90 Å². The fourth-order valence-corrected chi connectivity index (χ4v) is 3.00. The van der Waals surface area contributed by atoms with Crippen molar-refractivity contribution >= 4 is 0 Å². The summed E-state index contributed by atoms with van der Waals surface area (Å²) >= 11 is 0. The van der Waals surface area contributed by atoms with Crippen LogP contribution in [0.1, 0.15) is 46.5 Å². The zero-order valence-electron chi connectivity index (χ0n) is 11.7. The van der Waals surface area contributed by atoms with E-state index in [9.17, 15) is 5.11 Å². The van der Waals surface area contributed by atoms with Crippen molar-refractivity contribution in [2.75, 3.05) is 26.3 Å². The van der Waals surface area contributed by atoms with Gasteiger partial charge in [0.25, 0.3) is 0 Å². The van der Waals surface area contributed by atoms with E-state index < -0.39 is 0 Å². The van der Waals surface area contributed by atoms with Crippen LogP contribution in [0.2, 0.25) is 0 Å². The molecule has 0 aromatic rings. The van der Waals surface area contributed by atoms with Gasteiger partial charge >= 0.3 is 0 Å². The Morgan fingerprint density at radius 1 is 1.24 bits per heavy atom. The van der Waals surface area contributed by atoms with Gasteiger partial charge in [-0.05, 0) is 38.6 Å². The molecular formula is C14H29NO2. The van der Waals surface area contributed by atoms with Crippen LogP contribution in [-0.4, -0.2) is 48.5 Å². The molecule has 0 bridgehead atoms. The molecule has 0 radical (unpaired) electrons. The Morgan fingerprint density at radius 2 is 2.00 bits per heavy atom. The van der Waals surface area contributed by atoms with Crippen molar-refractivity contribution in [3.63, 3.8) is 0 Å². The second kappa shape index (κ2) is 8.06. The number of aliphatic hydroxyl groups is 1. The fraction of sp³-hybridized carbons (Fsp3) is 1.00. The summed E-state index contributed by atoms with van der Waals surface area (Å²) < 4.78 is 5.45. The quantitative estimate of drug-likeness (QED) is 0.696. The zero-order valence-corrected chi connectivity index (χ0v) is 11.7. The summed E-state index contributed by atoms with van der Waals surface area (Å²) in [6, 6.07) is 0.550. The molecule has 3 unspecified atom stereocenters. The lowest BCUT2D eigenvalue weighted by Crippen LogP contribution is -2.46. The molecule has 0 amide bonds. The van der Waals surface area contributed by atoms with Crippen LogP contribution >= 0.6 is 0 Å². The lowest BCUT2D eigenvalue weighted by molar-refractivity contribution is 0.0135. The van der Waals surface area contributed by atoms with Crippen molar-refractivity contribution in [2.24, 2.45) is 5.92 Å². The van der Waals surface area contributed by atoms with E-state index in [-0.39, 0.29) is 6.10 Å². The van der Waals surface area contributed by atoms with E-state index in [1.807, 2.05) is 6.92 Å². The molecule has 0 aliphatic heterocycles. The molecule has 0 aromatic heterocycles. The Labute approximate surface area is 106 Å². The third-order valence-electron chi connectivity index (χ3n) is 4.05. The Bertz CT molecular complexity index is 199. The van der Waals surface area contributed by atoms with Crippen LogP contribution in [0.25, 0.3) is 0 Å². The number of likely N-dealkylation sites (N-methyl/N-ethyl adjacent to an activating group) is 1. The Balaban J connectivity index is 2.50. The lowest BCUT2D eigenvalue weighted by Gasteiger charge is -2.41. The van der Waals surface area contributed by atoms with Gasteiger partial charge in [0, 0.05) is 19.2 Å². The molecule has 0 saturated heterocycles. The molecule has 3 nitrogen and oxygen atoms in total. The van der Waals surface area contributed by atoms with Gasteiger partial charge in [0.15, 0.2) is 0 Å². The first-order valence-electron chi connectivity index (χ1n) is 7.22. The van der Waals surface area contributed by atoms with Crippen molar-refractivity contribution < 1.29 is 9.84 Å². The van der Waals surface area contributed by atoms with Gasteiger partial charge in [0.2, 0.25) is 0 Å². The highest BCUT2D eigenvalue weighted by Gasteiger charge is 2.31. The molecule has 1 aliphatic rings. The molecule has 1 N–H and O–H groups in total. The summed E-state index contributed by atoms with van der Waals surface area (Å²) in [5, 5.41) is 9.85. The first-order chi connectivity index (χ1) is 8.22. The van der Waals surface area contributed by atoms with E-state index in [4.69, 9.17) is 4.74 Å². The SMILES string of the molecule is CCOCCN(CC)C1CC(O)CCC1CC. The normalized spacial score (nSPS) is 29.8.